The van der Waals surface area contributed by atoms with E-state index in [0.29, 0.717) is 42.9 Å². The maximum absolute atomic E-state index is 12.8. The van der Waals surface area contributed by atoms with Gasteiger partial charge >= 0.3 is 5.97 Å². The lowest BCUT2D eigenvalue weighted by Gasteiger charge is -2.31. The fourth-order valence-electron chi connectivity index (χ4n) is 3.67. The van der Waals surface area contributed by atoms with Crippen molar-refractivity contribution in [3.63, 3.8) is 0 Å². The Bertz CT molecular complexity index is 1100. The second-order valence-corrected chi connectivity index (χ2v) is 7.48. The highest BCUT2D eigenvalue weighted by molar-refractivity contribution is 5.95. The zero-order valence-electron chi connectivity index (χ0n) is 17.7. The van der Waals surface area contributed by atoms with Gasteiger partial charge in [0.25, 0.3) is 5.91 Å². The summed E-state index contributed by atoms with van der Waals surface area (Å²) < 4.78 is 11.5. The highest BCUT2D eigenvalue weighted by atomic mass is 16.5. The Balaban J connectivity index is 1.35. The zero-order valence-corrected chi connectivity index (χ0v) is 17.7. The van der Waals surface area contributed by atoms with Crippen molar-refractivity contribution in [1.82, 2.24) is 14.7 Å². The van der Waals surface area contributed by atoms with E-state index in [2.05, 4.69) is 10.4 Å². The maximum Gasteiger partial charge on any atom is 0.358 e. The summed E-state index contributed by atoms with van der Waals surface area (Å²) >= 11 is 0. The van der Waals surface area contributed by atoms with Crippen LogP contribution in [-0.4, -0.2) is 52.2 Å². The molecule has 0 unspecified atom stereocenters. The minimum atomic E-state index is -0.478. The van der Waals surface area contributed by atoms with E-state index in [1.165, 1.54) is 12.5 Å². The van der Waals surface area contributed by atoms with E-state index in [0.717, 1.165) is 0 Å². The average Bonchev–Trinajstić information content (AvgIpc) is 3.52. The summed E-state index contributed by atoms with van der Waals surface area (Å²) in [7, 11) is 0. The van der Waals surface area contributed by atoms with Gasteiger partial charge in [-0.05, 0) is 50.1 Å². The zero-order chi connectivity index (χ0) is 22.5. The molecule has 4 rings (SSSR count). The first-order valence-corrected chi connectivity index (χ1v) is 10.5. The Kier molecular flexibility index (Phi) is 6.34. The largest absolute Gasteiger partial charge is 0.472 e. The van der Waals surface area contributed by atoms with Crippen LogP contribution in [0.3, 0.4) is 0 Å². The van der Waals surface area contributed by atoms with Crippen molar-refractivity contribution in [3.05, 3.63) is 66.4 Å². The van der Waals surface area contributed by atoms with Crippen molar-refractivity contribution >= 4 is 23.5 Å². The number of nitrogens with zero attached hydrogens (tertiary/aromatic N) is 3. The highest BCUT2D eigenvalue weighted by Gasteiger charge is 2.28. The number of rotatable bonds is 6. The second kappa shape index (κ2) is 9.51. The number of anilines is 1. The number of piperidine rings is 1. The van der Waals surface area contributed by atoms with E-state index in [9.17, 15) is 14.4 Å². The van der Waals surface area contributed by atoms with Crippen LogP contribution in [0.2, 0.25) is 0 Å². The van der Waals surface area contributed by atoms with Gasteiger partial charge in [0.2, 0.25) is 5.91 Å². The van der Waals surface area contributed by atoms with Crippen LogP contribution < -0.4 is 5.32 Å². The second-order valence-electron chi connectivity index (χ2n) is 7.48. The molecule has 1 aromatic carbocycles. The van der Waals surface area contributed by atoms with Crippen molar-refractivity contribution in [2.45, 2.75) is 19.8 Å². The van der Waals surface area contributed by atoms with Gasteiger partial charge < -0.3 is 19.4 Å². The molecule has 0 spiro atoms. The van der Waals surface area contributed by atoms with Gasteiger partial charge in [0.15, 0.2) is 5.69 Å². The SMILES string of the molecule is CCOC(=O)c1ccn(-c2cccc(NC(=O)C3CCN(C(=O)c4ccoc4)CC3)c2)n1. The molecule has 1 fully saturated rings. The summed E-state index contributed by atoms with van der Waals surface area (Å²) in [6.45, 7) is 3.06. The van der Waals surface area contributed by atoms with E-state index in [1.807, 2.05) is 12.1 Å². The number of furan rings is 1. The van der Waals surface area contributed by atoms with E-state index in [-0.39, 0.29) is 30.0 Å². The van der Waals surface area contributed by atoms with Gasteiger partial charge in [0, 0.05) is 30.9 Å². The summed E-state index contributed by atoms with van der Waals surface area (Å²) in [4.78, 5) is 38.8. The lowest BCUT2D eigenvalue weighted by molar-refractivity contribution is -0.121. The molecule has 1 saturated heterocycles. The Morgan fingerprint density at radius 1 is 1.19 bits per heavy atom. The molecule has 0 bridgehead atoms. The predicted octanol–water partition coefficient (Wildman–Crippen LogP) is 3.13. The standard InChI is InChI=1S/C23H24N4O5/c1-2-32-23(30)20-8-12-27(25-20)19-5-3-4-18(14-19)24-21(28)16-6-10-26(11-7-16)22(29)17-9-13-31-15-17/h3-5,8-9,12-16H,2,6-7,10-11H2,1H3,(H,24,28). The fraction of sp³-hybridized carbons (Fsp3) is 0.304. The third kappa shape index (κ3) is 4.72. The number of likely N-dealkylation sites (tertiary alicyclic amines) is 1. The molecule has 9 heteroatoms. The third-order valence-corrected chi connectivity index (χ3v) is 5.37. The van der Waals surface area contributed by atoms with Gasteiger partial charge in [-0.2, -0.15) is 5.10 Å². The number of carbonyl (C=O) groups excluding carboxylic acids is 3. The Morgan fingerprint density at radius 2 is 2.00 bits per heavy atom. The summed E-state index contributed by atoms with van der Waals surface area (Å²) in [5.74, 6) is -0.808. The summed E-state index contributed by atoms with van der Waals surface area (Å²) in [5.41, 5.74) is 2.09. The van der Waals surface area contributed by atoms with Crippen molar-refractivity contribution in [2.24, 2.45) is 5.92 Å². The van der Waals surface area contributed by atoms with Crippen LogP contribution in [0, 0.1) is 5.92 Å². The smallest absolute Gasteiger partial charge is 0.358 e. The fourth-order valence-corrected chi connectivity index (χ4v) is 3.67. The van der Waals surface area contributed by atoms with Gasteiger partial charge in [-0.15, -0.1) is 0 Å². The molecule has 0 atom stereocenters. The molecule has 1 aliphatic heterocycles. The Morgan fingerprint density at radius 3 is 2.72 bits per heavy atom. The van der Waals surface area contributed by atoms with Crippen molar-refractivity contribution in [2.75, 3.05) is 25.0 Å². The van der Waals surface area contributed by atoms with E-state index >= 15 is 0 Å². The molecule has 2 aromatic heterocycles. The number of ether oxygens (including phenoxy) is 1. The van der Waals surface area contributed by atoms with E-state index in [1.54, 1.807) is 47.0 Å². The molecule has 0 radical (unpaired) electrons. The quantitative estimate of drug-likeness (QED) is 0.595. The molecule has 2 amide bonds. The van der Waals surface area contributed by atoms with Gasteiger partial charge in [-0.25, -0.2) is 9.48 Å². The minimum Gasteiger partial charge on any atom is -0.472 e. The first kappa shape index (κ1) is 21.4. The molecular formula is C23H24N4O5. The molecule has 0 aliphatic carbocycles. The van der Waals surface area contributed by atoms with Crippen molar-refractivity contribution < 1.29 is 23.5 Å². The lowest BCUT2D eigenvalue weighted by Crippen LogP contribution is -2.41. The Hall–Kier alpha value is -3.88. The summed E-state index contributed by atoms with van der Waals surface area (Å²) in [6.07, 6.45) is 5.76. The Labute approximate surface area is 184 Å². The first-order chi connectivity index (χ1) is 15.5. The van der Waals surface area contributed by atoms with Crippen LogP contribution in [0.25, 0.3) is 5.69 Å². The number of nitrogens with one attached hydrogen (secondary N) is 1. The molecule has 166 valence electrons. The van der Waals surface area contributed by atoms with Crippen LogP contribution in [0.15, 0.2) is 59.5 Å². The summed E-state index contributed by atoms with van der Waals surface area (Å²) in [6, 6.07) is 10.5. The number of aromatic nitrogens is 2. The van der Waals surface area contributed by atoms with Crippen molar-refractivity contribution in [3.8, 4) is 5.69 Å². The molecule has 1 N–H and O–H groups in total. The first-order valence-electron chi connectivity index (χ1n) is 10.5. The molecule has 3 aromatic rings. The topological polar surface area (TPSA) is 107 Å². The van der Waals surface area contributed by atoms with E-state index in [4.69, 9.17) is 9.15 Å². The third-order valence-electron chi connectivity index (χ3n) is 5.37. The molecule has 0 saturated carbocycles. The maximum atomic E-state index is 12.8. The monoisotopic (exact) mass is 436 g/mol. The lowest BCUT2D eigenvalue weighted by atomic mass is 9.95. The summed E-state index contributed by atoms with van der Waals surface area (Å²) in [5, 5.41) is 7.19. The van der Waals surface area contributed by atoms with Crippen LogP contribution in [0.1, 0.15) is 40.6 Å². The number of esters is 1. The normalized spacial score (nSPS) is 14.2. The predicted molar refractivity (Wildman–Crippen MR) is 115 cm³/mol. The molecule has 1 aliphatic rings. The minimum absolute atomic E-state index is 0.0771. The number of hydrogen-bond donors (Lipinski definition) is 1. The average molecular weight is 436 g/mol. The molecule has 3 heterocycles. The van der Waals surface area contributed by atoms with Gasteiger partial charge in [0.05, 0.1) is 24.1 Å². The van der Waals surface area contributed by atoms with Crippen molar-refractivity contribution in [1.29, 1.82) is 0 Å². The number of carbonyl (C=O) groups is 3. The van der Waals surface area contributed by atoms with Gasteiger partial charge in [-0.3, -0.25) is 9.59 Å². The van der Waals surface area contributed by atoms with E-state index < -0.39 is 5.97 Å². The van der Waals surface area contributed by atoms with Crippen LogP contribution in [0.5, 0.6) is 0 Å². The number of benzene rings is 1. The van der Waals surface area contributed by atoms with Crippen LogP contribution >= 0.6 is 0 Å². The van der Waals surface area contributed by atoms with Gasteiger partial charge in [0.1, 0.15) is 6.26 Å². The number of hydrogen-bond acceptors (Lipinski definition) is 6. The number of amides is 2. The molecule has 9 nitrogen and oxygen atoms in total. The van der Waals surface area contributed by atoms with Gasteiger partial charge in [-0.1, -0.05) is 6.07 Å². The highest BCUT2D eigenvalue weighted by Crippen LogP contribution is 2.22. The van der Waals surface area contributed by atoms with Crippen LogP contribution in [0.4, 0.5) is 5.69 Å². The molecule has 32 heavy (non-hydrogen) atoms. The van der Waals surface area contributed by atoms with Crippen LogP contribution in [-0.2, 0) is 9.53 Å². The molecular weight excluding hydrogens is 412 g/mol.